The summed E-state index contributed by atoms with van der Waals surface area (Å²) in [5.74, 6) is 0.860. The number of benzene rings is 2. The SMILES string of the molecule is CNC(C)c1cc(Br)ccc1OCc1ccc(Br)cc1Cl. The maximum absolute atomic E-state index is 6.22. The second-order valence-corrected chi connectivity index (χ2v) is 6.96. The molecule has 1 atom stereocenters. The van der Waals surface area contributed by atoms with E-state index in [0.717, 1.165) is 25.8 Å². The minimum Gasteiger partial charge on any atom is -0.489 e. The molecule has 0 radical (unpaired) electrons. The van der Waals surface area contributed by atoms with E-state index in [1.165, 1.54) is 0 Å². The van der Waals surface area contributed by atoms with Crippen molar-refractivity contribution >= 4 is 43.5 Å². The smallest absolute Gasteiger partial charge is 0.124 e. The van der Waals surface area contributed by atoms with E-state index in [1.54, 1.807) is 0 Å². The Morgan fingerprint density at radius 3 is 2.48 bits per heavy atom. The lowest BCUT2D eigenvalue weighted by molar-refractivity contribution is 0.300. The predicted octanol–water partition coefficient (Wildman–Crippen LogP) is 5.72. The highest BCUT2D eigenvalue weighted by Gasteiger charge is 2.11. The van der Waals surface area contributed by atoms with Crippen molar-refractivity contribution in [2.45, 2.75) is 19.6 Å². The molecule has 21 heavy (non-hydrogen) atoms. The zero-order valence-corrected chi connectivity index (χ0v) is 15.7. The third-order valence-electron chi connectivity index (χ3n) is 3.27. The van der Waals surface area contributed by atoms with E-state index in [0.29, 0.717) is 11.6 Å². The molecule has 2 nitrogen and oxygen atoms in total. The maximum Gasteiger partial charge on any atom is 0.124 e. The van der Waals surface area contributed by atoms with E-state index in [-0.39, 0.29) is 6.04 Å². The van der Waals surface area contributed by atoms with Crippen LogP contribution in [0, 0.1) is 0 Å². The molecule has 0 saturated heterocycles. The van der Waals surface area contributed by atoms with Crippen LogP contribution in [-0.2, 0) is 6.61 Å². The summed E-state index contributed by atoms with van der Waals surface area (Å²) in [6, 6.07) is 12.0. The Hall–Kier alpha value is -0.550. The quantitative estimate of drug-likeness (QED) is 0.651. The van der Waals surface area contributed by atoms with Gasteiger partial charge < -0.3 is 10.1 Å². The van der Waals surface area contributed by atoms with Crippen LogP contribution in [0.25, 0.3) is 0 Å². The molecule has 0 spiro atoms. The zero-order chi connectivity index (χ0) is 15.4. The van der Waals surface area contributed by atoms with Crippen LogP contribution < -0.4 is 10.1 Å². The molecule has 0 aromatic heterocycles. The van der Waals surface area contributed by atoms with E-state index < -0.39 is 0 Å². The van der Waals surface area contributed by atoms with Gasteiger partial charge in [-0.25, -0.2) is 0 Å². The number of ether oxygens (including phenoxy) is 1. The Labute approximate surface area is 147 Å². The van der Waals surface area contributed by atoms with Gasteiger partial charge in [0.25, 0.3) is 0 Å². The summed E-state index contributed by atoms with van der Waals surface area (Å²) in [6.45, 7) is 2.54. The van der Waals surface area contributed by atoms with Crippen LogP contribution in [0.15, 0.2) is 45.3 Å². The second-order valence-electron chi connectivity index (χ2n) is 4.72. The van der Waals surface area contributed by atoms with Crippen LogP contribution in [-0.4, -0.2) is 7.05 Å². The van der Waals surface area contributed by atoms with Gasteiger partial charge in [-0.2, -0.15) is 0 Å². The first-order valence-electron chi connectivity index (χ1n) is 6.54. The van der Waals surface area contributed by atoms with Crippen LogP contribution in [0.5, 0.6) is 5.75 Å². The van der Waals surface area contributed by atoms with Crippen molar-refractivity contribution in [3.63, 3.8) is 0 Å². The molecule has 2 aromatic rings. The van der Waals surface area contributed by atoms with Gasteiger partial charge in [0.05, 0.1) is 0 Å². The van der Waals surface area contributed by atoms with Gasteiger partial charge in [-0.15, -0.1) is 0 Å². The largest absolute Gasteiger partial charge is 0.489 e. The Morgan fingerprint density at radius 2 is 1.81 bits per heavy atom. The van der Waals surface area contributed by atoms with E-state index in [9.17, 15) is 0 Å². The van der Waals surface area contributed by atoms with Crippen LogP contribution in [0.3, 0.4) is 0 Å². The first-order valence-corrected chi connectivity index (χ1v) is 8.51. The molecule has 0 bridgehead atoms. The van der Waals surface area contributed by atoms with Crippen molar-refractivity contribution in [1.29, 1.82) is 0 Å². The lowest BCUT2D eigenvalue weighted by atomic mass is 10.1. The van der Waals surface area contributed by atoms with Gasteiger partial charge in [0.15, 0.2) is 0 Å². The fourth-order valence-electron chi connectivity index (χ4n) is 1.94. The fourth-order valence-corrected chi connectivity index (χ4v) is 3.05. The van der Waals surface area contributed by atoms with Crippen LogP contribution in [0.4, 0.5) is 0 Å². The lowest BCUT2D eigenvalue weighted by Crippen LogP contribution is -2.13. The predicted molar refractivity (Wildman–Crippen MR) is 95.1 cm³/mol. The first-order chi connectivity index (χ1) is 10.0. The number of hydrogen-bond acceptors (Lipinski definition) is 2. The van der Waals surface area contributed by atoms with E-state index >= 15 is 0 Å². The van der Waals surface area contributed by atoms with Gasteiger partial charge in [-0.3, -0.25) is 0 Å². The van der Waals surface area contributed by atoms with E-state index in [1.807, 2.05) is 37.4 Å². The number of halogens is 3. The third kappa shape index (κ3) is 4.46. The molecule has 0 saturated carbocycles. The van der Waals surface area contributed by atoms with Crippen molar-refractivity contribution in [3.05, 3.63) is 61.5 Å². The number of nitrogens with one attached hydrogen (secondary N) is 1. The summed E-state index contributed by atoms with van der Waals surface area (Å²) in [7, 11) is 1.93. The molecular weight excluding hydrogens is 417 g/mol. The van der Waals surface area contributed by atoms with Crippen molar-refractivity contribution in [2.75, 3.05) is 7.05 Å². The van der Waals surface area contributed by atoms with Gasteiger partial charge in [0.2, 0.25) is 0 Å². The number of hydrogen-bond donors (Lipinski definition) is 1. The molecule has 0 amide bonds. The first kappa shape index (κ1) is 16.8. The van der Waals surface area contributed by atoms with Gasteiger partial charge in [-0.1, -0.05) is 49.5 Å². The van der Waals surface area contributed by atoms with Crippen LogP contribution >= 0.6 is 43.5 Å². The van der Waals surface area contributed by atoms with E-state index in [4.69, 9.17) is 16.3 Å². The standard InChI is InChI=1S/C16H16Br2ClNO/c1-10(20-2)14-7-12(17)5-6-16(14)21-9-11-3-4-13(18)8-15(11)19/h3-8,10,20H,9H2,1-2H3. The van der Waals surface area contributed by atoms with Crippen molar-refractivity contribution < 1.29 is 4.74 Å². The summed E-state index contributed by atoms with van der Waals surface area (Å²) in [4.78, 5) is 0. The molecule has 0 aliphatic rings. The van der Waals surface area contributed by atoms with Crippen molar-refractivity contribution in [2.24, 2.45) is 0 Å². The molecule has 1 N–H and O–H groups in total. The molecule has 0 heterocycles. The Morgan fingerprint density at radius 1 is 1.14 bits per heavy atom. The van der Waals surface area contributed by atoms with Crippen LogP contribution in [0.2, 0.25) is 5.02 Å². The number of rotatable bonds is 5. The molecule has 0 fully saturated rings. The fraction of sp³-hybridized carbons (Fsp3) is 0.250. The zero-order valence-electron chi connectivity index (χ0n) is 11.8. The minimum absolute atomic E-state index is 0.206. The Balaban J connectivity index is 2.19. The molecule has 0 aliphatic heterocycles. The van der Waals surface area contributed by atoms with Crippen LogP contribution in [0.1, 0.15) is 24.1 Å². The van der Waals surface area contributed by atoms with Crippen molar-refractivity contribution in [3.8, 4) is 5.75 Å². The average Bonchev–Trinajstić information content (AvgIpc) is 2.46. The van der Waals surface area contributed by atoms with Gasteiger partial charge in [0.1, 0.15) is 12.4 Å². The highest BCUT2D eigenvalue weighted by molar-refractivity contribution is 9.10. The maximum atomic E-state index is 6.22. The second kappa shape index (κ2) is 7.63. The summed E-state index contributed by atoms with van der Waals surface area (Å²) < 4.78 is 7.96. The normalized spacial score (nSPS) is 12.2. The molecular formula is C16H16Br2ClNO. The highest BCUT2D eigenvalue weighted by atomic mass is 79.9. The summed E-state index contributed by atoms with van der Waals surface area (Å²) in [6.07, 6.45) is 0. The average molecular weight is 434 g/mol. The summed E-state index contributed by atoms with van der Waals surface area (Å²) >= 11 is 13.1. The summed E-state index contributed by atoms with van der Waals surface area (Å²) in [5.41, 5.74) is 2.07. The minimum atomic E-state index is 0.206. The molecule has 0 aliphatic carbocycles. The Kier molecular flexibility index (Phi) is 6.11. The molecule has 2 aromatic carbocycles. The topological polar surface area (TPSA) is 21.3 Å². The lowest BCUT2D eigenvalue weighted by Gasteiger charge is -2.17. The van der Waals surface area contributed by atoms with Gasteiger partial charge in [-0.05, 0) is 44.3 Å². The summed E-state index contributed by atoms with van der Waals surface area (Å²) in [5, 5.41) is 3.93. The highest BCUT2D eigenvalue weighted by Crippen LogP contribution is 2.30. The van der Waals surface area contributed by atoms with Gasteiger partial charge >= 0.3 is 0 Å². The van der Waals surface area contributed by atoms with Gasteiger partial charge in [0, 0.05) is 31.1 Å². The van der Waals surface area contributed by atoms with Crippen molar-refractivity contribution in [1.82, 2.24) is 5.32 Å². The molecule has 5 heteroatoms. The molecule has 112 valence electrons. The monoisotopic (exact) mass is 431 g/mol. The molecule has 2 rings (SSSR count). The third-order valence-corrected chi connectivity index (χ3v) is 4.61. The molecule has 1 unspecified atom stereocenters. The van der Waals surface area contributed by atoms with E-state index in [2.05, 4.69) is 50.2 Å². The Bertz CT molecular complexity index is 634.